The van der Waals surface area contributed by atoms with E-state index in [2.05, 4.69) is 22.4 Å². The van der Waals surface area contributed by atoms with Gasteiger partial charge >= 0.3 is 0 Å². The number of hydrogen-bond acceptors (Lipinski definition) is 3. The van der Waals surface area contributed by atoms with Gasteiger partial charge in [-0.2, -0.15) is 0 Å². The first-order chi connectivity index (χ1) is 10.7. The molecule has 1 amide bonds. The molecule has 0 saturated carbocycles. The first-order valence-corrected chi connectivity index (χ1v) is 8.04. The summed E-state index contributed by atoms with van der Waals surface area (Å²) in [7, 11) is 0. The molecular weight excluding hydrogens is 292 g/mol. The smallest absolute Gasteiger partial charge is 0.275 e. The summed E-state index contributed by atoms with van der Waals surface area (Å²) < 4.78 is 0. The molecule has 1 N–H and O–H groups in total. The highest BCUT2D eigenvalue weighted by molar-refractivity contribution is 8.13. The fraction of sp³-hybridized carbons (Fsp3) is 0.111. The molecule has 2 aromatic rings. The average Bonchev–Trinajstić information content (AvgIpc) is 2.89. The van der Waals surface area contributed by atoms with E-state index >= 15 is 0 Å². The van der Waals surface area contributed by atoms with Gasteiger partial charge in [0.15, 0.2) is 5.17 Å². The van der Waals surface area contributed by atoms with E-state index in [0.717, 1.165) is 11.3 Å². The van der Waals surface area contributed by atoms with Crippen molar-refractivity contribution in [2.45, 2.75) is 12.7 Å². The molecule has 0 radical (unpaired) electrons. The van der Waals surface area contributed by atoms with Crippen LogP contribution in [0, 0.1) is 6.92 Å². The Kier molecular flexibility index (Phi) is 4.39. The van der Waals surface area contributed by atoms with Gasteiger partial charge in [-0.05, 0) is 24.1 Å². The summed E-state index contributed by atoms with van der Waals surface area (Å²) in [5, 5.41) is 3.47. The second-order valence-corrected chi connectivity index (χ2v) is 6.05. The quantitative estimate of drug-likeness (QED) is 0.877. The molecule has 110 valence electrons. The number of benzene rings is 2. The molecule has 1 aliphatic rings. The highest BCUT2D eigenvalue weighted by Gasteiger charge is 2.20. The number of aliphatic imine (C=N–C) groups is 1. The zero-order valence-corrected chi connectivity index (χ0v) is 13.1. The van der Waals surface area contributed by atoms with Gasteiger partial charge in [-0.25, -0.2) is 4.99 Å². The second-order valence-electron chi connectivity index (χ2n) is 5.09. The van der Waals surface area contributed by atoms with E-state index in [4.69, 9.17) is 0 Å². The molecule has 3 rings (SSSR count). The van der Waals surface area contributed by atoms with Gasteiger partial charge in [-0.15, -0.1) is 0 Å². The Morgan fingerprint density at radius 2 is 1.82 bits per heavy atom. The molecule has 3 nitrogen and oxygen atoms in total. The Morgan fingerprint density at radius 3 is 2.55 bits per heavy atom. The van der Waals surface area contributed by atoms with Crippen LogP contribution in [0.15, 0.2) is 65.3 Å². The molecule has 0 atom stereocenters. The molecule has 0 bridgehead atoms. The Bertz CT molecular complexity index is 733. The lowest BCUT2D eigenvalue weighted by Crippen LogP contribution is -2.21. The van der Waals surface area contributed by atoms with Crippen LogP contribution in [0.3, 0.4) is 0 Å². The van der Waals surface area contributed by atoms with Crippen LogP contribution in [-0.4, -0.2) is 11.1 Å². The van der Waals surface area contributed by atoms with Crippen molar-refractivity contribution in [1.29, 1.82) is 0 Å². The molecule has 0 aliphatic carbocycles. The first-order valence-electron chi connectivity index (χ1n) is 7.06. The van der Waals surface area contributed by atoms with E-state index in [1.165, 1.54) is 22.9 Å². The Morgan fingerprint density at radius 1 is 1.09 bits per heavy atom. The van der Waals surface area contributed by atoms with Gasteiger partial charge in [0.2, 0.25) is 0 Å². The van der Waals surface area contributed by atoms with Gasteiger partial charge in [0, 0.05) is 5.75 Å². The predicted octanol–water partition coefficient (Wildman–Crippen LogP) is 3.76. The van der Waals surface area contributed by atoms with E-state index in [9.17, 15) is 4.79 Å². The van der Waals surface area contributed by atoms with Gasteiger partial charge in [0.25, 0.3) is 5.91 Å². The zero-order valence-electron chi connectivity index (χ0n) is 12.2. The van der Waals surface area contributed by atoms with Crippen LogP contribution in [0.5, 0.6) is 0 Å². The maximum Gasteiger partial charge on any atom is 0.275 e. The minimum atomic E-state index is -0.142. The summed E-state index contributed by atoms with van der Waals surface area (Å²) in [6.45, 7) is 2.04. The summed E-state index contributed by atoms with van der Waals surface area (Å²) >= 11 is 1.53. The number of carbonyl (C=O) groups excluding carboxylic acids is 1. The molecule has 2 aromatic carbocycles. The molecule has 1 aliphatic heterocycles. The van der Waals surface area contributed by atoms with Crippen LogP contribution in [0.4, 0.5) is 0 Å². The Labute approximate surface area is 134 Å². The number of thioether (sulfide) groups is 1. The Balaban J connectivity index is 1.70. The molecular formula is C18H16N2OS. The molecule has 1 heterocycles. The fourth-order valence-electron chi connectivity index (χ4n) is 2.06. The minimum Gasteiger partial charge on any atom is -0.300 e. The standard InChI is InChI=1S/C18H16N2OS/c1-13-7-9-14(10-8-13)11-16-17(21)20-18(19-16)22-12-15-5-3-2-4-6-15/h2-11H,12H2,1H3,(H,19,20,21)/b16-11-. The number of aryl methyl sites for hydroxylation is 1. The lowest BCUT2D eigenvalue weighted by Gasteiger charge is -2.00. The van der Waals surface area contributed by atoms with Gasteiger partial charge in [0.1, 0.15) is 5.70 Å². The summed E-state index contributed by atoms with van der Waals surface area (Å²) in [5.74, 6) is 0.647. The third-order valence-electron chi connectivity index (χ3n) is 3.27. The summed E-state index contributed by atoms with van der Waals surface area (Å²) in [6.07, 6.45) is 1.81. The molecule has 0 spiro atoms. The SMILES string of the molecule is Cc1ccc(/C=C2\N=C(SCc3ccccc3)NC2=O)cc1. The summed E-state index contributed by atoms with van der Waals surface area (Å²) in [5.41, 5.74) is 3.84. The van der Waals surface area contributed by atoms with E-state index < -0.39 is 0 Å². The predicted molar refractivity (Wildman–Crippen MR) is 92.5 cm³/mol. The average molecular weight is 308 g/mol. The maximum atomic E-state index is 12.0. The third-order valence-corrected chi connectivity index (χ3v) is 4.22. The van der Waals surface area contributed by atoms with E-state index in [0.29, 0.717) is 10.9 Å². The second kappa shape index (κ2) is 6.62. The molecule has 22 heavy (non-hydrogen) atoms. The lowest BCUT2D eigenvalue weighted by atomic mass is 10.1. The van der Waals surface area contributed by atoms with Crippen LogP contribution >= 0.6 is 11.8 Å². The van der Waals surface area contributed by atoms with E-state index in [-0.39, 0.29) is 5.91 Å². The van der Waals surface area contributed by atoms with Crippen LogP contribution in [0.1, 0.15) is 16.7 Å². The molecule has 0 fully saturated rings. The van der Waals surface area contributed by atoms with Gasteiger partial charge in [-0.1, -0.05) is 71.9 Å². The largest absolute Gasteiger partial charge is 0.300 e. The van der Waals surface area contributed by atoms with Gasteiger partial charge in [-0.3, -0.25) is 10.1 Å². The van der Waals surface area contributed by atoms with Crippen LogP contribution < -0.4 is 5.32 Å². The first kappa shape index (κ1) is 14.6. The van der Waals surface area contributed by atoms with Crippen LogP contribution in [0.2, 0.25) is 0 Å². The van der Waals surface area contributed by atoms with Crippen molar-refractivity contribution in [2.75, 3.05) is 0 Å². The molecule has 0 saturated heterocycles. The van der Waals surface area contributed by atoms with E-state index in [1.54, 1.807) is 0 Å². The Hall–Kier alpha value is -2.33. The van der Waals surface area contributed by atoms with Crippen molar-refractivity contribution in [3.8, 4) is 0 Å². The third kappa shape index (κ3) is 3.65. The summed E-state index contributed by atoms with van der Waals surface area (Å²) in [6, 6.07) is 18.1. The lowest BCUT2D eigenvalue weighted by molar-refractivity contribution is -0.115. The molecule has 0 unspecified atom stereocenters. The van der Waals surface area contributed by atoms with Gasteiger partial charge < -0.3 is 0 Å². The monoisotopic (exact) mass is 308 g/mol. The number of nitrogens with zero attached hydrogens (tertiary/aromatic N) is 1. The van der Waals surface area contributed by atoms with Crippen molar-refractivity contribution < 1.29 is 4.79 Å². The topological polar surface area (TPSA) is 41.5 Å². The normalized spacial score (nSPS) is 15.8. The van der Waals surface area contributed by atoms with Crippen LogP contribution in [0.25, 0.3) is 6.08 Å². The van der Waals surface area contributed by atoms with Crippen molar-refractivity contribution in [2.24, 2.45) is 4.99 Å². The van der Waals surface area contributed by atoms with Crippen molar-refractivity contribution >= 4 is 28.9 Å². The molecule has 0 aromatic heterocycles. The zero-order chi connectivity index (χ0) is 15.4. The summed E-state index contributed by atoms with van der Waals surface area (Å²) in [4.78, 5) is 16.3. The fourth-order valence-corrected chi connectivity index (χ4v) is 2.89. The van der Waals surface area contributed by atoms with Crippen molar-refractivity contribution in [3.05, 3.63) is 77.0 Å². The van der Waals surface area contributed by atoms with Gasteiger partial charge in [0.05, 0.1) is 0 Å². The minimum absolute atomic E-state index is 0.142. The molecule has 4 heteroatoms. The highest BCUT2D eigenvalue weighted by atomic mass is 32.2. The highest BCUT2D eigenvalue weighted by Crippen LogP contribution is 2.19. The number of carbonyl (C=O) groups is 1. The number of rotatable bonds is 3. The van der Waals surface area contributed by atoms with Crippen LogP contribution in [-0.2, 0) is 10.5 Å². The van der Waals surface area contributed by atoms with Crippen molar-refractivity contribution in [3.63, 3.8) is 0 Å². The number of nitrogens with one attached hydrogen (secondary N) is 1. The maximum absolute atomic E-state index is 12.0. The van der Waals surface area contributed by atoms with E-state index in [1.807, 2.05) is 55.5 Å². The number of amidine groups is 1. The number of amides is 1. The van der Waals surface area contributed by atoms with Crippen molar-refractivity contribution in [1.82, 2.24) is 5.32 Å². The number of hydrogen-bond donors (Lipinski definition) is 1.